The van der Waals surface area contributed by atoms with Gasteiger partial charge in [-0.3, -0.25) is 0 Å². The summed E-state index contributed by atoms with van der Waals surface area (Å²) < 4.78 is 11.1. The lowest BCUT2D eigenvalue weighted by Crippen LogP contribution is -1.94. The maximum Gasteiger partial charge on any atom is 0.0765 e. The summed E-state index contributed by atoms with van der Waals surface area (Å²) in [4.78, 5) is 0. The SMILES string of the molecule is CC(C)C[PH](=O)CCCO. The van der Waals surface area contributed by atoms with E-state index in [1.807, 2.05) is 0 Å². The molecule has 3 heteroatoms. The molecule has 0 aromatic heterocycles. The second kappa shape index (κ2) is 5.94. The standard InChI is InChI=1S/C7H17O2P/c1-7(2)6-10(9)5-3-4-8/h7-8,10H,3-6H2,1-2H3. The van der Waals surface area contributed by atoms with Crippen LogP contribution in [0.2, 0.25) is 0 Å². The minimum absolute atomic E-state index is 0.175. The van der Waals surface area contributed by atoms with Gasteiger partial charge in [0.1, 0.15) is 0 Å². The fourth-order valence-electron chi connectivity index (χ4n) is 0.834. The second-order valence-corrected chi connectivity index (χ2v) is 4.95. The average Bonchev–Trinajstić information content (AvgIpc) is 1.82. The summed E-state index contributed by atoms with van der Waals surface area (Å²) in [6, 6.07) is 0. The third-order valence-electron chi connectivity index (χ3n) is 1.25. The van der Waals surface area contributed by atoms with Crippen molar-refractivity contribution in [3.63, 3.8) is 0 Å². The Balaban J connectivity index is 3.26. The molecule has 0 amide bonds. The average molecular weight is 164 g/mol. The van der Waals surface area contributed by atoms with Crippen LogP contribution in [0.5, 0.6) is 0 Å². The van der Waals surface area contributed by atoms with Crippen LogP contribution >= 0.6 is 7.80 Å². The van der Waals surface area contributed by atoms with Crippen LogP contribution in [-0.4, -0.2) is 24.0 Å². The molecule has 2 nitrogen and oxygen atoms in total. The van der Waals surface area contributed by atoms with Gasteiger partial charge in [-0.2, -0.15) is 0 Å². The monoisotopic (exact) mass is 164 g/mol. The smallest absolute Gasteiger partial charge is 0.0765 e. The van der Waals surface area contributed by atoms with Crippen LogP contribution in [-0.2, 0) is 4.57 Å². The zero-order chi connectivity index (χ0) is 7.98. The van der Waals surface area contributed by atoms with Gasteiger partial charge in [0.25, 0.3) is 0 Å². The lowest BCUT2D eigenvalue weighted by molar-refractivity contribution is 0.295. The van der Waals surface area contributed by atoms with Crippen molar-refractivity contribution >= 4 is 7.80 Å². The lowest BCUT2D eigenvalue weighted by Gasteiger charge is -2.02. The topological polar surface area (TPSA) is 37.3 Å². The summed E-state index contributed by atoms with van der Waals surface area (Å²) in [5.74, 6) is 0.532. The first kappa shape index (κ1) is 10.2. The van der Waals surface area contributed by atoms with Gasteiger partial charge in [0.15, 0.2) is 0 Å². The molecule has 10 heavy (non-hydrogen) atoms. The molecule has 0 aliphatic carbocycles. The third-order valence-corrected chi connectivity index (χ3v) is 3.43. The van der Waals surface area contributed by atoms with Crippen LogP contribution in [0.25, 0.3) is 0 Å². The summed E-state index contributed by atoms with van der Waals surface area (Å²) in [5.41, 5.74) is 0. The van der Waals surface area contributed by atoms with E-state index >= 15 is 0 Å². The summed E-state index contributed by atoms with van der Waals surface area (Å²) in [5, 5.41) is 8.43. The number of rotatable bonds is 5. The predicted molar refractivity (Wildman–Crippen MR) is 45.3 cm³/mol. The highest BCUT2D eigenvalue weighted by Gasteiger charge is 2.01. The van der Waals surface area contributed by atoms with Crippen molar-refractivity contribution in [2.45, 2.75) is 20.3 Å². The van der Waals surface area contributed by atoms with Crippen molar-refractivity contribution in [1.29, 1.82) is 0 Å². The molecule has 0 saturated carbocycles. The summed E-state index contributed by atoms with van der Waals surface area (Å²) in [7, 11) is -1.36. The first-order valence-electron chi connectivity index (χ1n) is 3.79. The number of hydrogen-bond acceptors (Lipinski definition) is 2. The summed E-state index contributed by atoms with van der Waals surface area (Å²) >= 11 is 0. The molecule has 0 bridgehead atoms. The number of aliphatic hydroxyl groups is 1. The molecule has 1 unspecified atom stereocenters. The normalized spacial score (nSPS) is 14.0. The van der Waals surface area contributed by atoms with Crippen LogP contribution in [0, 0.1) is 5.92 Å². The quantitative estimate of drug-likeness (QED) is 0.626. The van der Waals surface area contributed by atoms with Crippen molar-refractivity contribution in [2.75, 3.05) is 18.9 Å². The molecule has 0 aliphatic rings. The van der Waals surface area contributed by atoms with E-state index in [0.717, 1.165) is 12.3 Å². The van der Waals surface area contributed by atoms with Gasteiger partial charge in [-0.15, -0.1) is 0 Å². The molecule has 62 valence electrons. The first-order valence-corrected chi connectivity index (χ1v) is 5.61. The Hall–Kier alpha value is 0.190. The fraction of sp³-hybridized carbons (Fsp3) is 1.00. The van der Waals surface area contributed by atoms with Gasteiger partial charge in [0.05, 0.1) is 7.80 Å². The summed E-state index contributed by atoms with van der Waals surface area (Å²) in [6.45, 7) is 4.32. The highest BCUT2D eigenvalue weighted by atomic mass is 31.1. The number of aliphatic hydroxyl groups excluding tert-OH is 1. The molecular weight excluding hydrogens is 147 g/mol. The van der Waals surface area contributed by atoms with Gasteiger partial charge in [-0.05, 0) is 12.3 Å². The Kier molecular flexibility index (Phi) is 6.05. The molecular formula is C7H17O2P. The molecule has 0 radical (unpaired) electrons. The lowest BCUT2D eigenvalue weighted by atomic mass is 10.3. The Morgan fingerprint density at radius 3 is 2.50 bits per heavy atom. The van der Waals surface area contributed by atoms with E-state index in [9.17, 15) is 4.57 Å². The molecule has 0 aromatic rings. The Morgan fingerprint density at radius 1 is 1.50 bits per heavy atom. The minimum atomic E-state index is -1.36. The Labute approximate surface area is 63.4 Å². The zero-order valence-corrected chi connectivity index (χ0v) is 7.76. The van der Waals surface area contributed by atoms with Crippen molar-refractivity contribution in [3.05, 3.63) is 0 Å². The molecule has 0 fully saturated rings. The minimum Gasteiger partial charge on any atom is -0.396 e. The largest absolute Gasteiger partial charge is 0.396 e. The van der Waals surface area contributed by atoms with Gasteiger partial charge in [0.2, 0.25) is 0 Å². The van der Waals surface area contributed by atoms with Crippen LogP contribution in [0.15, 0.2) is 0 Å². The number of hydrogen-bond donors (Lipinski definition) is 1. The summed E-state index contributed by atoms with van der Waals surface area (Å²) in [6.07, 6.45) is 2.26. The van der Waals surface area contributed by atoms with Crippen LogP contribution < -0.4 is 0 Å². The fourth-order valence-corrected chi connectivity index (χ4v) is 2.50. The van der Waals surface area contributed by atoms with E-state index in [1.165, 1.54) is 0 Å². The van der Waals surface area contributed by atoms with E-state index in [0.29, 0.717) is 12.3 Å². The van der Waals surface area contributed by atoms with Gasteiger partial charge in [0, 0.05) is 18.9 Å². The second-order valence-electron chi connectivity index (χ2n) is 2.96. The van der Waals surface area contributed by atoms with E-state index < -0.39 is 7.80 Å². The van der Waals surface area contributed by atoms with Crippen LogP contribution in [0.1, 0.15) is 20.3 Å². The Morgan fingerprint density at radius 2 is 2.10 bits per heavy atom. The van der Waals surface area contributed by atoms with Gasteiger partial charge >= 0.3 is 0 Å². The molecule has 0 aromatic carbocycles. The Bertz CT molecular complexity index is 102. The predicted octanol–water partition coefficient (Wildman–Crippen LogP) is 1.58. The highest BCUT2D eigenvalue weighted by Crippen LogP contribution is 2.24. The van der Waals surface area contributed by atoms with Gasteiger partial charge in [-0.25, -0.2) is 0 Å². The molecule has 0 rings (SSSR count). The maximum atomic E-state index is 11.1. The molecule has 0 spiro atoms. The highest BCUT2D eigenvalue weighted by molar-refractivity contribution is 7.44. The van der Waals surface area contributed by atoms with Gasteiger partial charge < -0.3 is 9.67 Å². The first-order chi connectivity index (χ1) is 4.66. The van der Waals surface area contributed by atoms with Crippen LogP contribution in [0.3, 0.4) is 0 Å². The van der Waals surface area contributed by atoms with E-state index in [4.69, 9.17) is 5.11 Å². The van der Waals surface area contributed by atoms with Crippen molar-refractivity contribution < 1.29 is 9.67 Å². The molecule has 1 N–H and O–H groups in total. The van der Waals surface area contributed by atoms with E-state index in [1.54, 1.807) is 0 Å². The zero-order valence-electron chi connectivity index (χ0n) is 6.76. The maximum absolute atomic E-state index is 11.1. The molecule has 0 heterocycles. The van der Waals surface area contributed by atoms with Crippen molar-refractivity contribution in [2.24, 2.45) is 5.92 Å². The van der Waals surface area contributed by atoms with Crippen molar-refractivity contribution in [1.82, 2.24) is 0 Å². The van der Waals surface area contributed by atoms with E-state index in [-0.39, 0.29) is 6.61 Å². The van der Waals surface area contributed by atoms with Gasteiger partial charge in [-0.1, -0.05) is 13.8 Å². The van der Waals surface area contributed by atoms with Crippen LogP contribution in [0.4, 0.5) is 0 Å². The molecule has 0 aliphatic heterocycles. The molecule has 0 saturated heterocycles. The van der Waals surface area contributed by atoms with E-state index in [2.05, 4.69) is 13.8 Å². The third kappa shape index (κ3) is 6.31. The van der Waals surface area contributed by atoms with Crippen molar-refractivity contribution in [3.8, 4) is 0 Å². The molecule has 1 atom stereocenters.